The van der Waals surface area contributed by atoms with Crippen molar-refractivity contribution in [3.8, 4) is 0 Å². The van der Waals surface area contributed by atoms with E-state index in [1.54, 1.807) is 52.1 Å². The molecular weight excluding hydrogens is 781 g/mol. The topological polar surface area (TPSA) is 212 Å². The van der Waals surface area contributed by atoms with Gasteiger partial charge in [-0.15, -0.1) is 0 Å². The van der Waals surface area contributed by atoms with Crippen molar-refractivity contribution in [3.63, 3.8) is 0 Å². The molecule has 3 aliphatic heterocycles. The second-order valence-corrected chi connectivity index (χ2v) is 17.0. The van der Waals surface area contributed by atoms with Crippen molar-refractivity contribution < 1.29 is 47.7 Å². The molecule has 3 saturated heterocycles. The van der Waals surface area contributed by atoms with E-state index in [1.165, 1.54) is 27.5 Å². The number of carbonyl (C=O) groups is 4. The molecule has 13 atom stereocenters. The summed E-state index contributed by atoms with van der Waals surface area (Å²) in [5.41, 5.74) is 3.12. The number of hydrogen-bond acceptors (Lipinski definition) is 16. The van der Waals surface area contributed by atoms with Gasteiger partial charge in [-0.05, 0) is 59.8 Å². The van der Waals surface area contributed by atoms with Crippen molar-refractivity contribution in [2.75, 3.05) is 34.9 Å². The fourth-order valence-corrected chi connectivity index (χ4v) is 8.29. The second-order valence-electron chi connectivity index (χ2n) is 15.9. The van der Waals surface area contributed by atoms with E-state index in [2.05, 4.69) is 34.2 Å². The molecule has 0 amide bonds. The molecule has 3 aliphatic rings. The summed E-state index contributed by atoms with van der Waals surface area (Å²) in [4.78, 5) is 71.7. The molecule has 0 spiro atoms. The summed E-state index contributed by atoms with van der Waals surface area (Å²) in [5, 5.41) is 16.9. The van der Waals surface area contributed by atoms with Gasteiger partial charge in [0.25, 0.3) is 0 Å². The summed E-state index contributed by atoms with van der Waals surface area (Å²) in [5.74, 6) is -7.54. The van der Waals surface area contributed by atoms with E-state index in [-0.39, 0.29) is 40.3 Å². The van der Waals surface area contributed by atoms with E-state index in [9.17, 15) is 19.2 Å². The number of nitrogens with zero attached hydrogens (tertiary/aromatic N) is 3. The zero-order valence-corrected chi connectivity index (χ0v) is 37.5. The van der Waals surface area contributed by atoms with Gasteiger partial charge in [-0.2, -0.15) is 0 Å². The molecule has 1 aromatic heterocycles. The number of aliphatic imine (C=N–C) groups is 1. The monoisotopic (exact) mass is 846 g/mol. The number of hydrogen-bond donors (Lipinski definition) is 3. The van der Waals surface area contributed by atoms with Crippen LogP contribution in [0.4, 0.5) is 0 Å². The molecule has 0 aliphatic carbocycles. The van der Waals surface area contributed by atoms with Crippen LogP contribution in [0.25, 0.3) is 0 Å². The summed E-state index contributed by atoms with van der Waals surface area (Å²) in [7, 11) is 6.93. The van der Waals surface area contributed by atoms with Crippen molar-refractivity contribution >= 4 is 51.2 Å². The SMILES string of the molecule is CCC.CN=C(NOC(C)C(=N)SC(=N)c1ccccn1)C1C(=O)OC2COC(=O)C(C)C(=O)C(C)[C@@H](OC3CC(N(C)C)CC(C)O3)C(OC)C[C@@H](C)C(=O)[C@H](C)C21. The first-order valence-electron chi connectivity index (χ1n) is 20.5. The number of cyclic esters (lactones) is 1. The molecule has 59 heavy (non-hydrogen) atoms. The summed E-state index contributed by atoms with van der Waals surface area (Å²) < 4.78 is 30.2. The number of ketones is 2. The summed E-state index contributed by atoms with van der Waals surface area (Å²) in [6, 6.07) is 5.32. The van der Waals surface area contributed by atoms with Crippen LogP contribution < -0.4 is 5.48 Å². The lowest BCUT2D eigenvalue weighted by atomic mass is 9.74. The van der Waals surface area contributed by atoms with Crippen LogP contribution in [0, 0.1) is 46.3 Å². The van der Waals surface area contributed by atoms with Crippen LogP contribution in [-0.4, -0.2) is 127 Å². The normalized spacial score (nSPS) is 32.8. The van der Waals surface area contributed by atoms with Crippen molar-refractivity contribution in [3.05, 3.63) is 30.1 Å². The third-order valence-corrected chi connectivity index (χ3v) is 12.0. The number of hydroxylamine groups is 1. The zero-order valence-electron chi connectivity index (χ0n) is 36.7. The van der Waals surface area contributed by atoms with Crippen LogP contribution in [0.3, 0.4) is 0 Å². The van der Waals surface area contributed by atoms with E-state index in [4.69, 9.17) is 39.3 Å². The molecule has 0 saturated carbocycles. The summed E-state index contributed by atoms with van der Waals surface area (Å²) in [6.07, 6.45) is 0.0738. The number of amidine groups is 1. The minimum atomic E-state index is -1.18. The number of esters is 2. The highest BCUT2D eigenvalue weighted by molar-refractivity contribution is 8.26. The molecule has 4 heterocycles. The lowest BCUT2D eigenvalue weighted by molar-refractivity contribution is -0.245. The number of pyridine rings is 1. The molecule has 0 aromatic carbocycles. The van der Waals surface area contributed by atoms with Crippen LogP contribution in [-0.2, 0) is 47.7 Å². The number of Topliss-reactive ketones (excluding diaryl/α,β-unsaturated/α-hetero) is 2. The van der Waals surface area contributed by atoms with Crippen LogP contribution >= 0.6 is 11.8 Å². The average molecular weight is 847 g/mol. The Hall–Kier alpha value is -3.61. The van der Waals surface area contributed by atoms with Crippen molar-refractivity contribution in [2.24, 2.45) is 40.5 Å². The van der Waals surface area contributed by atoms with Gasteiger partial charge in [0, 0.05) is 56.5 Å². The van der Waals surface area contributed by atoms with Crippen molar-refractivity contribution in [1.82, 2.24) is 15.4 Å². The fourth-order valence-electron chi connectivity index (χ4n) is 7.63. The number of carbonyl (C=O) groups excluding carboxylic acids is 4. The van der Waals surface area contributed by atoms with E-state index in [0.29, 0.717) is 12.1 Å². The highest BCUT2D eigenvalue weighted by atomic mass is 32.2. The minimum Gasteiger partial charge on any atom is -0.461 e. The second kappa shape index (κ2) is 23.4. The fraction of sp³-hybridized carbons (Fsp3) is 0.714. The van der Waals surface area contributed by atoms with Gasteiger partial charge in [0.1, 0.15) is 52.4 Å². The van der Waals surface area contributed by atoms with Gasteiger partial charge in [0.05, 0.1) is 24.0 Å². The van der Waals surface area contributed by atoms with E-state index in [0.717, 1.165) is 18.2 Å². The van der Waals surface area contributed by atoms with Crippen LogP contribution in [0.2, 0.25) is 0 Å². The molecular formula is C42H66N6O10S. The number of rotatable bonds is 9. The standard InChI is InChI=1S/C39H58N6O10S.C3H8/c1-19-15-27(50-10)34(54-29-17-25(45(8)9)16-20(2)52-29)22(4)33(47)23(5)38(48)51-18-28-30(21(3)32(19)46)31(39(49)53-28)37(42-7)44-55-24(6)35(40)56-36(41)26-13-11-12-14-43-26;1-3-2/h11-14,19-25,27-31,34,40-41H,15-18H2,1-10H3,(H,42,44);3H2,1-2H3/t19-,20?,21-,22?,23?,24?,25?,27?,28?,29?,30?,31?,34-;/m1./s1. The minimum absolute atomic E-state index is 0.00667. The van der Waals surface area contributed by atoms with E-state index < -0.39 is 90.5 Å². The number of nitrogens with one attached hydrogen (secondary N) is 3. The molecule has 3 N–H and O–H groups in total. The molecule has 4 rings (SSSR count). The van der Waals surface area contributed by atoms with Crippen LogP contribution in [0.1, 0.15) is 86.8 Å². The van der Waals surface area contributed by atoms with Crippen molar-refractivity contribution in [2.45, 2.75) is 124 Å². The van der Waals surface area contributed by atoms with E-state index >= 15 is 0 Å². The molecule has 330 valence electrons. The van der Waals surface area contributed by atoms with Crippen LogP contribution in [0.5, 0.6) is 0 Å². The van der Waals surface area contributed by atoms with Crippen molar-refractivity contribution in [1.29, 1.82) is 10.8 Å². The third kappa shape index (κ3) is 13.2. The number of fused-ring (bicyclic) bond motifs is 1. The first-order chi connectivity index (χ1) is 27.9. The molecule has 17 heteroatoms. The predicted octanol–water partition coefficient (Wildman–Crippen LogP) is 5.11. The number of ether oxygens (including phenoxy) is 5. The maximum Gasteiger partial charge on any atom is 0.317 e. The van der Waals surface area contributed by atoms with Gasteiger partial charge in [-0.3, -0.25) is 50.3 Å². The molecule has 1 aromatic rings. The molecule has 16 nitrogen and oxygen atoms in total. The summed E-state index contributed by atoms with van der Waals surface area (Å²) in [6.45, 7) is 14.1. The molecule has 0 radical (unpaired) electrons. The smallest absolute Gasteiger partial charge is 0.317 e. The average Bonchev–Trinajstić information content (AvgIpc) is 3.54. The van der Waals surface area contributed by atoms with Gasteiger partial charge in [-0.25, -0.2) is 0 Å². The van der Waals surface area contributed by atoms with Gasteiger partial charge in [0.2, 0.25) is 0 Å². The molecule has 0 bridgehead atoms. The quantitative estimate of drug-likeness (QED) is 0.0969. The van der Waals surface area contributed by atoms with Crippen LogP contribution in [0.15, 0.2) is 29.4 Å². The maximum atomic E-state index is 14.4. The Bertz CT molecular complexity index is 1630. The van der Waals surface area contributed by atoms with Gasteiger partial charge in [0.15, 0.2) is 12.1 Å². The largest absolute Gasteiger partial charge is 0.461 e. The Morgan fingerprint density at radius 1 is 1.02 bits per heavy atom. The highest BCUT2D eigenvalue weighted by Crippen LogP contribution is 2.39. The number of methoxy groups -OCH3 is 1. The predicted molar refractivity (Wildman–Crippen MR) is 225 cm³/mol. The number of thioether (sulfide) groups is 1. The summed E-state index contributed by atoms with van der Waals surface area (Å²) >= 11 is 0.864. The van der Waals surface area contributed by atoms with Gasteiger partial charge in [-0.1, -0.05) is 58.9 Å². The Balaban J connectivity index is 0.00000300. The zero-order chi connectivity index (χ0) is 44.1. The Morgan fingerprint density at radius 3 is 2.29 bits per heavy atom. The Labute approximate surface area is 353 Å². The Morgan fingerprint density at radius 2 is 1.69 bits per heavy atom. The first-order valence-corrected chi connectivity index (χ1v) is 21.3. The maximum absolute atomic E-state index is 14.4. The van der Waals surface area contributed by atoms with Gasteiger partial charge < -0.3 is 28.6 Å². The lowest BCUT2D eigenvalue weighted by Gasteiger charge is -2.41. The Kier molecular flexibility index (Phi) is 19.7. The molecule has 3 fully saturated rings. The van der Waals surface area contributed by atoms with Gasteiger partial charge >= 0.3 is 11.9 Å². The lowest BCUT2D eigenvalue weighted by Crippen LogP contribution is -2.50. The highest BCUT2D eigenvalue weighted by Gasteiger charge is 2.53. The van der Waals surface area contributed by atoms with E-state index in [1.807, 2.05) is 21.0 Å². The third-order valence-electron chi connectivity index (χ3n) is 11.1. The number of aromatic nitrogens is 1. The molecule has 10 unspecified atom stereocenters. The first kappa shape index (κ1) is 49.8.